The highest BCUT2D eigenvalue weighted by molar-refractivity contribution is 5.93. The maximum Gasteiger partial charge on any atom is 0.410 e. The van der Waals surface area contributed by atoms with Crippen molar-refractivity contribution >= 4 is 40.1 Å². The van der Waals surface area contributed by atoms with E-state index in [0.29, 0.717) is 66.3 Å². The lowest BCUT2D eigenvalue weighted by Gasteiger charge is -2.36. The number of β-amino-alcohol motifs (C(OH)–C–C–N with tert-alkyl or cyclic N) is 1. The van der Waals surface area contributed by atoms with E-state index in [-0.39, 0.29) is 31.0 Å². The Bertz CT molecular complexity index is 3310. The van der Waals surface area contributed by atoms with E-state index in [2.05, 4.69) is 41.1 Å². The monoisotopic (exact) mass is 1020 g/mol. The number of anilines is 2. The van der Waals surface area contributed by atoms with Crippen molar-refractivity contribution in [2.45, 2.75) is 150 Å². The van der Waals surface area contributed by atoms with E-state index in [1.54, 1.807) is 6.20 Å². The average molecular weight is 1020 g/mol. The van der Waals surface area contributed by atoms with E-state index < -0.39 is 17.8 Å². The molecule has 10 heterocycles. The van der Waals surface area contributed by atoms with Gasteiger partial charge in [-0.1, -0.05) is 10.3 Å². The van der Waals surface area contributed by atoms with E-state index in [0.717, 1.165) is 111 Å². The number of aromatic nitrogens is 12. The molecule has 1 saturated carbocycles. The molecule has 2 saturated heterocycles. The maximum atomic E-state index is 12.7. The van der Waals surface area contributed by atoms with Gasteiger partial charge in [-0.2, -0.15) is 10.2 Å². The predicted octanol–water partition coefficient (Wildman–Crippen LogP) is 8.66. The Morgan fingerprint density at radius 3 is 2.00 bits per heavy atom. The van der Waals surface area contributed by atoms with Crippen LogP contribution >= 0.6 is 0 Å². The summed E-state index contributed by atoms with van der Waals surface area (Å²) in [5.41, 5.74) is 10.2. The third kappa shape index (κ3) is 11.0. The summed E-state index contributed by atoms with van der Waals surface area (Å²) >= 11 is 0. The summed E-state index contributed by atoms with van der Waals surface area (Å²) in [5, 5.41) is 49.6. The van der Waals surface area contributed by atoms with Crippen LogP contribution in [0.2, 0.25) is 0 Å². The molecule has 1 unspecified atom stereocenters. The number of fused-ring (bicyclic) bond motifs is 2. The second-order valence-corrected chi connectivity index (χ2v) is 21.0. The number of H-pyrrole nitrogens is 1. The molecule has 8 aromatic heterocycles. The summed E-state index contributed by atoms with van der Waals surface area (Å²) in [7, 11) is 0. The SMILES string of the molecule is Cc1cnc(N[C@@H]2CCC[C@H](O)C2)nc1-c1[nH]nc2nc(-c3c(C)noc3C)ccc12.Cc1cnc(N[C@H]2C[C@@H](O)CN(C(=O)OC(C)(C)C)C2)nc1-c1nn(C2CCCCO2)c2nc(-c3c(C)noc3C)ccc12. The number of aryl methyl sites for hydroxylation is 6. The van der Waals surface area contributed by atoms with Gasteiger partial charge < -0.3 is 44.3 Å². The fraction of sp³-hybridized carbons (Fsp3) is 0.491. The van der Waals surface area contributed by atoms with Gasteiger partial charge in [0.2, 0.25) is 11.9 Å². The molecule has 0 bridgehead atoms. The number of carbonyl (C=O) groups excluding carboxylic acids is 1. The quantitative estimate of drug-likeness (QED) is 0.0904. The maximum absolute atomic E-state index is 12.7. The average Bonchev–Trinajstić information content (AvgIpc) is 4.16. The zero-order valence-electron chi connectivity index (χ0n) is 43.9. The van der Waals surface area contributed by atoms with Crippen LogP contribution in [0.15, 0.2) is 45.7 Å². The Morgan fingerprint density at radius 2 is 1.36 bits per heavy atom. The number of amides is 1. The first-order valence-electron chi connectivity index (χ1n) is 25.7. The molecule has 0 spiro atoms. The number of aromatic amines is 1. The van der Waals surface area contributed by atoms with Crippen molar-refractivity contribution in [2.24, 2.45) is 0 Å². The third-order valence-electron chi connectivity index (χ3n) is 13.8. The Balaban J connectivity index is 0.000000181. The second-order valence-electron chi connectivity index (χ2n) is 21.0. The first-order valence-corrected chi connectivity index (χ1v) is 25.7. The molecule has 0 radical (unpaired) electrons. The molecule has 11 rings (SSSR count). The number of aliphatic hydroxyl groups excluding tert-OH is 2. The van der Waals surface area contributed by atoms with Gasteiger partial charge in [0.25, 0.3) is 0 Å². The number of carbonyl (C=O) groups is 1. The molecular weight excluding hydrogens is 959 g/mol. The number of nitrogens with one attached hydrogen (secondary N) is 3. The lowest BCUT2D eigenvalue weighted by atomic mass is 9.93. The van der Waals surface area contributed by atoms with Crippen LogP contribution in [-0.2, 0) is 9.47 Å². The number of hydrogen-bond acceptors (Lipinski definition) is 19. The van der Waals surface area contributed by atoms with Gasteiger partial charge in [0.05, 0.1) is 69.7 Å². The Morgan fingerprint density at radius 1 is 0.720 bits per heavy atom. The smallest absolute Gasteiger partial charge is 0.410 e. The zero-order valence-corrected chi connectivity index (χ0v) is 43.9. The molecule has 1 aliphatic carbocycles. The number of nitrogens with zero attached hydrogens (tertiary/aromatic N) is 12. The molecule has 394 valence electrons. The Kier molecular flexibility index (Phi) is 14.3. The van der Waals surface area contributed by atoms with E-state index in [4.69, 9.17) is 43.6 Å². The fourth-order valence-electron chi connectivity index (χ4n) is 10.2. The number of rotatable bonds is 9. The normalized spacial score (nSPS) is 20.3. The van der Waals surface area contributed by atoms with Gasteiger partial charge in [0.1, 0.15) is 22.8 Å². The van der Waals surface area contributed by atoms with E-state index >= 15 is 0 Å². The summed E-state index contributed by atoms with van der Waals surface area (Å²) in [6.45, 7) is 18.2. The number of pyridine rings is 2. The van der Waals surface area contributed by atoms with E-state index in [1.807, 2.05) is 97.5 Å². The topological polar surface area (TPSA) is 279 Å². The van der Waals surface area contributed by atoms with Crippen molar-refractivity contribution in [3.63, 3.8) is 0 Å². The van der Waals surface area contributed by atoms with Crippen LogP contribution in [0.5, 0.6) is 0 Å². The fourth-order valence-corrected chi connectivity index (χ4v) is 10.2. The largest absolute Gasteiger partial charge is 0.444 e. The summed E-state index contributed by atoms with van der Waals surface area (Å²) in [5.74, 6) is 2.37. The molecule has 75 heavy (non-hydrogen) atoms. The van der Waals surface area contributed by atoms with Crippen LogP contribution in [0.4, 0.5) is 16.7 Å². The zero-order chi connectivity index (χ0) is 52.7. The molecule has 3 fully saturated rings. The van der Waals surface area contributed by atoms with Gasteiger partial charge in [-0.25, -0.2) is 39.4 Å². The molecule has 8 aromatic rings. The van der Waals surface area contributed by atoms with Crippen LogP contribution < -0.4 is 10.6 Å². The van der Waals surface area contributed by atoms with Crippen molar-refractivity contribution in [3.05, 3.63) is 70.7 Å². The van der Waals surface area contributed by atoms with Crippen LogP contribution in [0.1, 0.15) is 112 Å². The highest BCUT2D eigenvalue weighted by atomic mass is 16.6. The Hall–Kier alpha value is -7.43. The summed E-state index contributed by atoms with van der Waals surface area (Å²) in [4.78, 5) is 42.6. The number of aliphatic hydroxyl groups is 2. The van der Waals surface area contributed by atoms with Crippen molar-refractivity contribution < 1.29 is 33.5 Å². The van der Waals surface area contributed by atoms with Crippen molar-refractivity contribution in [1.29, 1.82) is 0 Å². The first-order chi connectivity index (χ1) is 36.0. The molecule has 3 aliphatic rings. The van der Waals surface area contributed by atoms with Gasteiger partial charge in [-0.05, 0) is 149 Å². The first kappa shape index (κ1) is 51.1. The minimum Gasteiger partial charge on any atom is -0.444 e. The standard InChI is InChI=1S/C31H40N8O5.C22H25N7O2/c1-17-14-32-29(33-20-13-21(40)16-38(15-20)30(41)43-31(4,5)6)35-26(17)27-22-10-11-23(25-18(2)37-44-19(25)3)34-28(22)39(36-27)24-9-7-8-12-42-24;1-11-10-23-22(24-14-5-4-6-15(30)9-14)26-19(11)20-16-7-8-17(25-21(16)28-27-20)18-12(2)29-31-13(18)3/h10-11,14,20-21,24,40H,7-9,12-13,15-16H2,1-6H3,(H,32,33,35);7-8,10,14-15,30H,4-6,9H2,1-3H3,(H,23,24,26)(H,25,27,28)/t20-,21+,24?;14-,15+/m01/s1. The van der Waals surface area contributed by atoms with Crippen LogP contribution in [0.25, 0.3) is 67.4 Å². The van der Waals surface area contributed by atoms with Crippen molar-refractivity contribution in [3.8, 4) is 45.3 Å². The molecule has 5 atom stereocenters. The molecule has 2 aliphatic heterocycles. The van der Waals surface area contributed by atoms with Gasteiger partial charge in [0, 0.05) is 48.4 Å². The lowest BCUT2D eigenvalue weighted by molar-refractivity contribution is -0.0368. The number of piperidine rings is 1. The van der Waals surface area contributed by atoms with Crippen molar-refractivity contribution in [2.75, 3.05) is 30.3 Å². The summed E-state index contributed by atoms with van der Waals surface area (Å²) < 4.78 is 24.2. The highest BCUT2D eigenvalue weighted by Gasteiger charge is 2.33. The molecule has 0 aromatic carbocycles. The predicted molar refractivity (Wildman–Crippen MR) is 279 cm³/mol. The van der Waals surface area contributed by atoms with Gasteiger partial charge in [-0.3, -0.25) is 5.10 Å². The van der Waals surface area contributed by atoms with Gasteiger partial charge in [-0.15, -0.1) is 0 Å². The van der Waals surface area contributed by atoms with Crippen LogP contribution in [0.3, 0.4) is 0 Å². The van der Waals surface area contributed by atoms with E-state index in [9.17, 15) is 15.0 Å². The molecular formula is C53H65N15O7. The number of likely N-dealkylation sites (tertiary alicyclic amines) is 1. The lowest BCUT2D eigenvalue weighted by Crippen LogP contribution is -2.52. The van der Waals surface area contributed by atoms with Gasteiger partial charge in [0.15, 0.2) is 17.5 Å². The summed E-state index contributed by atoms with van der Waals surface area (Å²) in [6.07, 6.45) is 8.82. The van der Waals surface area contributed by atoms with Crippen LogP contribution in [-0.4, -0.2) is 131 Å². The number of hydrogen-bond donors (Lipinski definition) is 5. The highest BCUT2D eigenvalue weighted by Crippen LogP contribution is 2.37. The molecule has 1 amide bonds. The number of ether oxygens (including phenoxy) is 2. The third-order valence-corrected chi connectivity index (χ3v) is 13.8. The van der Waals surface area contributed by atoms with E-state index in [1.165, 1.54) is 4.90 Å². The second kappa shape index (κ2) is 21.1. The van der Waals surface area contributed by atoms with Crippen molar-refractivity contribution in [1.82, 2.24) is 65.1 Å². The van der Waals surface area contributed by atoms with Crippen LogP contribution in [0, 0.1) is 41.5 Å². The minimum absolute atomic E-state index is 0.178. The minimum atomic E-state index is -0.702. The summed E-state index contributed by atoms with van der Waals surface area (Å²) in [6, 6.07) is 7.82. The molecule has 5 N–H and O–H groups in total. The Labute approximate surface area is 433 Å². The molecule has 22 heteroatoms. The molecule has 22 nitrogen and oxygen atoms in total. The van der Waals surface area contributed by atoms with Gasteiger partial charge >= 0.3 is 6.09 Å².